The van der Waals surface area contributed by atoms with E-state index >= 15 is 0 Å². The highest BCUT2D eigenvalue weighted by molar-refractivity contribution is 6.78. The predicted octanol–water partition coefficient (Wildman–Crippen LogP) is 6.31. The van der Waals surface area contributed by atoms with Crippen LogP contribution < -0.4 is 0 Å². The molecule has 0 aromatic carbocycles. The molecule has 2 atom stereocenters. The van der Waals surface area contributed by atoms with Crippen LogP contribution in [0.1, 0.15) is 75.7 Å². The topological polar surface area (TPSA) is 44.8 Å². The minimum atomic E-state index is -2.14. The van der Waals surface area contributed by atoms with Crippen molar-refractivity contribution in [3.63, 3.8) is 0 Å². The van der Waals surface area contributed by atoms with Gasteiger partial charge in [0.05, 0.1) is 12.7 Å². The zero-order valence-electron chi connectivity index (χ0n) is 20.3. The minimum absolute atomic E-state index is 0.0566. The molecule has 0 spiro atoms. The molecule has 27 heavy (non-hydrogen) atoms. The maximum Gasteiger partial charge on any atom is 0.306 e. The Hall–Kier alpha value is -0.176. The molecule has 0 saturated carbocycles. The summed E-state index contributed by atoms with van der Waals surface area (Å²) in [5.41, 5.74) is -0.441. The van der Waals surface area contributed by atoms with E-state index in [-0.39, 0.29) is 22.0 Å². The van der Waals surface area contributed by atoms with Crippen LogP contribution in [-0.4, -0.2) is 41.0 Å². The Morgan fingerprint density at radius 1 is 0.852 bits per heavy atom. The van der Waals surface area contributed by atoms with Crippen LogP contribution in [0.5, 0.6) is 0 Å². The molecule has 4 nitrogen and oxygen atoms in total. The second-order valence-corrected chi connectivity index (χ2v) is 21.1. The summed E-state index contributed by atoms with van der Waals surface area (Å²) < 4.78 is 18.5. The van der Waals surface area contributed by atoms with E-state index in [2.05, 4.69) is 68.1 Å². The van der Waals surface area contributed by atoms with Crippen molar-refractivity contribution in [3.8, 4) is 0 Å². The summed E-state index contributed by atoms with van der Waals surface area (Å²) in [4.78, 5) is 12.1. The first-order valence-electron chi connectivity index (χ1n) is 10.2. The van der Waals surface area contributed by atoms with Crippen LogP contribution in [-0.2, 0) is 18.4 Å². The van der Waals surface area contributed by atoms with Crippen LogP contribution in [0, 0.1) is 5.92 Å². The fraction of sp³-hybridized carbons (Fsp3) is 0.952. The van der Waals surface area contributed by atoms with E-state index in [0.29, 0.717) is 19.3 Å². The van der Waals surface area contributed by atoms with Gasteiger partial charge in [0, 0.05) is 6.61 Å². The molecule has 0 fully saturated rings. The van der Waals surface area contributed by atoms with Crippen LogP contribution in [0.2, 0.25) is 29.7 Å². The van der Waals surface area contributed by atoms with Crippen LogP contribution in [0.25, 0.3) is 0 Å². The Bertz CT molecular complexity index is 484. The van der Waals surface area contributed by atoms with Crippen molar-refractivity contribution in [3.05, 3.63) is 0 Å². The van der Waals surface area contributed by atoms with Gasteiger partial charge in [-0.3, -0.25) is 4.79 Å². The highest BCUT2D eigenvalue weighted by Gasteiger charge is 2.46. The highest BCUT2D eigenvalue weighted by atomic mass is 28.4. The van der Waals surface area contributed by atoms with E-state index in [1.807, 2.05) is 20.8 Å². The number of esters is 1. The van der Waals surface area contributed by atoms with Crippen LogP contribution in [0.4, 0.5) is 0 Å². The van der Waals surface area contributed by atoms with Gasteiger partial charge in [-0.1, -0.05) is 48.5 Å². The number of rotatable bonds is 8. The molecule has 0 amide bonds. The SMILES string of the molecule is CC(CO[Si](C)(CO[Si](C)(C)C(C)(C)C)C(C)(C)C)CC(=O)OC(C)(C)C. The molecule has 0 saturated heterocycles. The first-order chi connectivity index (χ1) is 11.7. The first-order valence-corrected chi connectivity index (χ1v) is 15.7. The van der Waals surface area contributed by atoms with Gasteiger partial charge < -0.3 is 13.6 Å². The lowest BCUT2D eigenvalue weighted by molar-refractivity contribution is -0.156. The zero-order valence-corrected chi connectivity index (χ0v) is 22.3. The maximum absolute atomic E-state index is 12.1. The third-order valence-electron chi connectivity index (χ3n) is 5.72. The van der Waals surface area contributed by atoms with E-state index < -0.39 is 22.2 Å². The predicted molar refractivity (Wildman–Crippen MR) is 120 cm³/mol. The molecule has 0 aliphatic rings. The van der Waals surface area contributed by atoms with Gasteiger partial charge in [-0.25, -0.2) is 0 Å². The summed E-state index contributed by atoms with van der Waals surface area (Å²) >= 11 is 0. The molecular formula is C21H46O4Si2. The Morgan fingerprint density at radius 2 is 1.33 bits per heavy atom. The Kier molecular flexibility index (Phi) is 9.04. The Morgan fingerprint density at radius 3 is 1.70 bits per heavy atom. The molecule has 0 aliphatic carbocycles. The second-order valence-electron chi connectivity index (χ2n) is 11.7. The quantitative estimate of drug-likeness (QED) is 0.342. The van der Waals surface area contributed by atoms with Crippen LogP contribution in [0.15, 0.2) is 0 Å². The summed E-state index contributed by atoms with van der Waals surface area (Å²) in [7, 11) is -3.96. The number of hydrogen-bond donors (Lipinski definition) is 0. The lowest BCUT2D eigenvalue weighted by Gasteiger charge is -2.44. The summed E-state index contributed by atoms with van der Waals surface area (Å²) in [6.07, 6.45) is 1.08. The van der Waals surface area contributed by atoms with Gasteiger partial charge in [-0.2, -0.15) is 0 Å². The van der Waals surface area contributed by atoms with Crippen LogP contribution in [0.3, 0.4) is 0 Å². The van der Waals surface area contributed by atoms with Crippen molar-refractivity contribution in [2.45, 2.75) is 111 Å². The lowest BCUT2D eigenvalue weighted by atomic mass is 10.1. The molecule has 2 unspecified atom stereocenters. The third kappa shape index (κ3) is 9.24. The zero-order chi connectivity index (χ0) is 21.9. The molecule has 0 aliphatic heterocycles. The van der Waals surface area contributed by atoms with Gasteiger partial charge >= 0.3 is 5.97 Å². The van der Waals surface area contributed by atoms with Crippen LogP contribution >= 0.6 is 0 Å². The molecule has 0 bridgehead atoms. The van der Waals surface area contributed by atoms with Gasteiger partial charge in [0.2, 0.25) is 8.32 Å². The Labute approximate surface area is 171 Å². The highest BCUT2D eigenvalue weighted by Crippen LogP contribution is 2.41. The second kappa shape index (κ2) is 9.10. The standard InChI is InChI=1S/C21H46O4Si2/c1-17(14-18(22)25-19(2,3)4)15-23-27(13,21(8,9)10)16-24-26(11,12)20(5,6)7/h17H,14-16H2,1-13H3. The molecule has 0 rings (SSSR count). The van der Waals surface area contributed by atoms with E-state index in [0.717, 1.165) is 0 Å². The monoisotopic (exact) mass is 418 g/mol. The molecular weight excluding hydrogens is 372 g/mol. The first kappa shape index (κ1) is 26.8. The molecule has 0 aromatic heterocycles. The summed E-state index contributed by atoms with van der Waals surface area (Å²) in [5.74, 6) is -0.0304. The van der Waals surface area contributed by atoms with E-state index in [4.69, 9.17) is 13.6 Å². The van der Waals surface area contributed by atoms with Gasteiger partial charge in [0.15, 0.2) is 8.32 Å². The number of carbonyl (C=O) groups is 1. The van der Waals surface area contributed by atoms with Crippen molar-refractivity contribution >= 4 is 22.6 Å². The normalized spacial score (nSPS) is 17.4. The molecule has 0 aromatic rings. The number of hydrogen-bond acceptors (Lipinski definition) is 4. The minimum Gasteiger partial charge on any atom is -0.460 e. The summed E-state index contributed by atoms with van der Waals surface area (Å²) in [6, 6.07) is 0. The average Bonchev–Trinajstić information content (AvgIpc) is 2.38. The third-order valence-corrected chi connectivity index (χ3v) is 15.2. The van der Waals surface area contributed by atoms with E-state index in [1.54, 1.807) is 0 Å². The summed E-state index contributed by atoms with van der Waals surface area (Å²) in [5, 5.41) is 0.241. The molecule has 0 N–H and O–H groups in total. The lowest BCUT2D eigenvalue weighted by Crippen LogP contribution is -2.54. The van der Waals surface area contributed by atoms with E-state index in [1.165, 1.54) is 0 Å². The van der Waals surface area contributed by atoms with Gasteiger partial charge in [-0.15, -0.1) is 0 Å². The smallest absolute Gasteiger partial charge is 0.306 e. The van der Waals surface area contributed by atoms with E-state index in [9.17, 15) is 4.79 Å². The Balaban J connectivity index is 4.95. The van der Waals surface area contributed by atoms with Gasteiger partial charge in [0.25, 0.3) is 0 Å². The van der Waals surface area contributed by atoms with Crippen molar-refractivity contribution in [2.75, 3.05) is 12.8 Å². The van der Waals surface area contributed by atoms with Gasteiger partial charge in [-0.05, 0) is 56.4 Å². The number of ether oxygens (including phenoxy) is 1. The fourth-order valence-corrected chi connectivity index (χ4v) is 6.64. The van der Waals surface area contributed by atoms with Gasteiger partial charge in [0.1, 0.15) is 5.60 Å². The largest absolute Gasteiger partial charge is 0.460 e. The molecule has 6 heteroatoms. The maximum atomic E-state index is 12.1. The van der Waals surface area contributed by atoms with Crippen molar-refractivity contribution in [1.29, 1.82) is 0 Å². The fourth-order valence-electron chi connectivity index (χ4n) is 2.06. The molecule has 162 valence electrons. The van der Waals surface area contributed by atoms with Crippen molar-refractivity contribution in [1.82, 2.24) is 0 Å². The van der Waals surface area contributed by atoms with Crippen molar-refractivity contribution in [2.24, 2.45) is 5.92 Å². The molecule has 0 heterocycles. The average molecular weight is 419 g/mol. The summed E-state index contributed by atoms with van der Waals surface area (Å²) in [6.45, 7) is 28.7. The molecule has 0 radical (unpaired) electrons. The van der Waals surface area contributed by atoms with Crippen molar-refractivity contribution < 1.29 is 18.4 Å². The number of carbonyl (C=O) groups excluding carboxylic acids is 1.